The number of carbonyl (C=O) groups is 2. The van der Waals surface area contributed by atoms with E-state index < -0.39 is 29.6 Å². The lowest BCUT2D eigenvalue weighted by Crippen LogP contribution is -2.57. The molecule has 0 aromatic heterocycles. The summed E-state index contributed by atoms with van der Waals surface area (Å²) in [5.74, 6) is -2.79. The summed E-state index contributed by atoms with van der Waals surface area (Å²) in [6.45, 7) is 2.89. The zero-order chi connectivity index (χ0) is 15.4. The summed E-state index contributed by atoms with van der Waals surface area (Å²) < 4.78 is 31.4. The highest BCUT2D eigenvalue weighted by molar-refractivity contribution is 5.97. The molecule has 0 saturated carbocycles. The molecule has 1 atom stereocenters. The van der Waals surface area contributed by atoms with Gasteiger partial charge in [0, 0.05) is 31.3 Å². The summed E-state index contributed by atoms with van der Waals surface area (Å²) in [4.78, 5) is 25.5. The van der Waals surface area contributed by atoms with E-state index in [-0.39, 0.29) is 25.3 Å². The van der Waals surface area contributed by atoms with Gasteiger partial charge in [0.25, 0.3) is 5.91 Å². The van der Waals surface area contributed by atoms with Crippen LogP contribution in [0.3, 0.4) is 0 Å². The van der Waals surface area contributed by atoms with Gasteiger partial charge in [-0.3, -0.25) is 4.79 Å². The molecule has 1 aromatic rings. The van der Waals surface area contributed by atoms with Crippen molar-refractivity contribution >= 4 is 11.9 Å². The molecule has 1 N–H and O–H groups in total. The maximum Gasteiger partial charge on any atom is 0.330 e. The van der Waals surface area contributed by atoms with Gasteiger partial charge >= 0.3 is 5.97 Å². The van der Waals surface area contributed by atoms with Gasteiger partial charge in [-0.05, 0) is 19.1 Å². The molecular weight excluding hydrogens is 282 g/mol. The Morgan fingerprint density at radius 3 is 2.62 bits per heavy atom. The number of piperazine rings is 1. The Morgan fingerprint density at radius 1 is 1.33 bits per heavy atom. The minimum Gasteiger partial charge on any atom is -0.464 e. The molecule has 21 heavy (non-hydrogen) atoms. The van der Waals surface area contributed by atoms with E-state index >= 15 is 0 Å². The van der Waals surface area contributed by atoms with Crippen LogP contribution in [0.2, 0.25) is 0 Å². The second-order valence-electron chi connectivity index (χ2n) is 4.63. The summed E-state index contributed by atoms with van der Waals surface area (Å²) in [6, 6.07) is 1.81. The summed E-state index contributed by atoms with van der Waals surface area (Å²) in [7, 11) is 0. The number of hydrogen-bond donors (Lipinski definition) is 1. The molecule has 1 aromatic carbocycles. The van der Waals surface area contributed by atoms with Crippen molar-refractivity contribution in [3.63, 3.8) is 0 Å². The van der Waals surface area contributed by atoms with Gasteiger partial charge in [0.1, 0.15) is 17.7 Å². The average Bonchev–Trinajstić information content (AvgIpc) is 2.45. The molecule has 0 spiro atoms. The molecule has 1 unspecified atom stereocenters. The Kier molecular flexibility index (Phi) is 4.85. The third-order valence-corrected chi connectivity index (χ3v) is 3.17. The third-order valence-electron chi connectivity index (χ3n) is 3.17. The Bertz CT molecular complexity index is 531. The molecule has 5 nitrogen and oxygen atoms in total. The molecule has 1 fully saturated rings. The van der Waals surface area contributed by atoms with Gasteiger partial charge in [0.05, 0.1) is 6.61 Å². The van der Waals surface area contributed by atoms with Gasteiger partial charge in [-0.25, -0.2) is 13.6 Å². The van der Waals surface area contributed by atoms with Crippen molar-refractivity contribution in [3.8, 4) is 0 Å². The largest absolute Gasteiger partial charge is 0.464 e. The van der Waals surface area contributed by atoms with E-state index in [9.17, 15) is 18.4 Å². The number of esters is 1. The number of halogens is 2. The predicted octanol–water partition coefficient (Wildman–Crippen LogP) is 0.942. The van der Waals surface area contributed by atoms with Gasteiger partial charge in [-0.2, -0.15) is 0 Å². The number of rotatable bonds is 3. The lowest BCUT2D eigenvalue weighted by atomic mass is 10.1. The van der Waals surface area contributed by atoms with Crippen LogP contribution in [0.15, 0.2) is 18.2 Å². The second kappa shape index (κ2) is 6.62. The Balaban J connectivity index is 2.24. The Labute approximate surface area is 120 Å². The molecule has 7 heteroatoms. The van der Waals surface area contributed by atoms with E-state index in [0.717, 1.165) is 12.1 Å². The maximum absolute atomic E-state index is 13.2. The van der Waals surface area contributed by atoms with Crippen LogP contribution in [-0.4, -0.2) is 49.1 Å². The predicted molar refractivity (Wildman–Crippen MR) is 70.7 cm³/mol. The summed E-state index contributed by atoms with van der Waals surface area (Å²) in [6.07, 6.45) is 0. The van der Waals surface area contributed by atoms with Gasteiger partial charge < -0.3 is 15.0 Å². The number of nitrogens with one attached hydrogen (secondary N) is 1. The highest BCUT2D eigenvalue weighted by Crippen LogP contribution is 2.14. The molecule has 0 radical (unpaired) electrons. The van der Waals surface area contributed by atoms with Crippen molar-refractivity contribution in [1.82, 2.24) is 10.2 Å². The molecule has 1 amide bonds. The quantitative estimate of drug-likeness (QED) is 0.844. The van der Waals surface area contributed by atoms with E-state index in [0.29, 0.717) is 12.6 Å². The first-order chi connectivity index (χ1) is 10.0. The van der Waals surface area contributed by atoms with Gasteiger partial charge in [-0.1, -0.05) is 0 Å². The minimum atomic E-state index is -0.832. The fourth-order valence-electron chi connectivity index (χ4n) is 2.24. The van der Waals surface area contributed by atoms with Crippen LogP contribution in [0, 0.1) is 11.6 Å². The highest BCUT2D eigenvalue weighted by atomic mass is 19.1. The average molecular weight is 298 g/mol. The Hall–Kier alpha value is -2.02. The minimum absolute atomic E-state index is 0.122. The van der Waals surface area contributed by atoms with Crippen molar-refractivity contribution < 1.29 is 23.1 Å². The van der Waals surface area contributed by atoms with E-state index in [4.69, 9.17) is 4.74 Å². The fraction of sp³-hybridized carbons (Fsp3) is 0.429. The number of nitrogens with zero attached hydrogens (tertiary/aromatic N) is 1. The van der Waals surface area contributed by atoms with Crippen molar-refractivity contribution in [2.75, 3.05) is 26.2 Å². The van der Waals surface area contributed by atoms with E-state index in [1.165, 1.54) is 4.90 Å². The SMILES string of the molecule is CCOC(=O)C1CNCCN1C(=O)c1cc(F)cc(F)c1. The van der Waals surface area contributed by atoms with E-state index in [1.54, 1.807) is 6.92 Å². The fourth-order valence-corrected chi connectivity index (χ4v) is 2.24. The highest BCUT2D eigenvalue weighted by Gasteiger charge is 2.33. The topological polar surface area (TPSA) is 58.6 Å². The standard InChI is InChI=1S/C14H16F2N2O3/c1-2-21-14(20)12-8-17-3-4-18(12)13(19)9-5-10(15)7-11(16)6-9/h5-7,12,17H,2-4,8H2,1H3. The van der Waals surface area contributed by atoms with E-state index in [2.05, 4.69) is 5.32 Å². The number of amides is 1. The van der Waals surface area contributed by atoms with Crippen molar-refractivity contribution in [2.45, 2.75) is 13.0 Å². The van der Waals surface area contributed by atoms with Gasteiger partial charge in [0.2, 0.25) is 0 Å². The molecule has 114 valence electrons. The zero-order valence-corrected chi connectivity index (χ0v) is 11.6. The van der Waals surface area contributed by atoms with Crippen molar-refractivity contribution in [1.29, 1.82) is 0 Å². The molecule has 1 aliphatic rings. The van der Waals surface area contributed by atoms with Crippen LogP contribution in [0.5, 0.6) is 0 Å². The van der Waals surface area contributed by atoms with Crippen LogP contribution in [0.1, 0.15) is 17.3 Å². The molecule has 1 heterocycles. The first-order valence-electron chi connectivity index (χ1n) is 6.67. The number of carbonyl (C=O) groups excluding carboxylic acids is 2. The molecule has 1 saturated heterocycles. The molecule has 0 bridgehead atoms. The normalized spacial score (nSPS) is 18.4. The van der Waals surface area contributed by atoms with Crippen molar-refractivity contribution in [2.24, 2.45) is 0 Å². The second-order valence-corrected chi connectivity index (χ2v) is 4.63. The number of benzene rings is 1. The van der Waals surface area contributed by atoms with Gasteiger partial charge in [-0.15, -0.1) is 0 Å². The van der Waals surface area contributed by atoms with Crippen molar-refractivity contribution in [3.05, 3.63) is 35.4 Å². The lowest BCUT2D eigenvalue weighted by Gasteiger charge is -2.34. The van der Waals surface area contributed by atoms with Crippen LogP contribution in [0.25, 0.3) is 0 Å². The van der Waals surface area contributed by atoms with Crippen LogP contribution in [0.4, 0.5) is 8.78 Å². The molecule has 2 rings (SSSR count). The molecule has 0 aliphatic carbocycles. The van der Waals surface area contributed by atoms with Crippen LogP contribution in [-0.2, 0) is 9.53 Å². The summed E-state index contributed by atoms with van der Waals surface area (Å²) >= 11 is 0. The van der Waals surface area contributed by atoms with E-state index in [1.807, 2.05) is 0 Å². The smallest absolute Gasteiger partial charge is 0.330 e. The van der Waals surface area contributed by atoms with Crippen LogP contribution < -0.4 is 5.32 Å². The zero-order valence-electron chi connectivity index (χ0n) is 11.6. The lowest BCUT2D eigenvalue weighted by molar-refractivity contribution is -0.149. The molecule has 1 aliphatic heterocycles. The number of ether oxygens (including phenoxy) is 1. The maximum atomic E-state index is 13.2. The third kappa shape index (κ3) is 3.55. The number of hydrogen-bond acceptors (Lipinski definition) is 4. The summed E-state index contributed by atoms with van der Waals surface area (Å²) in [5, 5.41) is 2.99. The first-order valence-corrected chi connectivity index (χ1v) is 6.67. The van der Waals surface area contributed by atoms with Gasteiger partial charge in [0.15, 0.2) is 0 Å². The monoisotopic (exact) mass is 298 g/mol. The van der Waals surface area contributed by atoms with Crippen LogP contribution >= 0.6 is 0 Å². The first kappa shape index (κ1) is 15.4. The molecular formula is C14H16F2N2O3. The summed E-state index contributed by atoms with van der Waals surface area (Å²) in [5.41, 5.74) is -0.122. The Morgan fingerprint density at radius 2 is 2.00 bits per heavy atom.